The summed E-state index contributed by atoms with van der Waals surface area (Å²) in [6, 6.07) is 9.98. The van der Waals surface area contributed by atoms with Gasteiger partial charge in [-0.25, -0.2) is 4.98 Å². The van der Waals surface area contributed by atoms with Crippen molar-refractivity contribution in [3.63, 3.8) is 0 Å². The average molecular weight is 316 g/mol. The summed E-state index contributed by atoms with van der Waals surface area (Å²) >= 11 is 1.47. The largest absolute Gasteiger partial charge is 0.384 e. The fourth-order valence-electron chi connectivity index (χ4n) is 2.78. The van der Waals surface area contributed by atoms with E-state index in [0.29, 0.717) is 5.92 Å². The minimum Gasteiger partial charge on any atom is -0.384 e. The van der Waals surface area contributed by atoms with E-state index in [9.17, 15) is 4.79 Å². The molecule has 1 aromatic heterocycles. The first-order valence-corrected chi connectivity index (χ1v) is 8.39. The first kappa shape index (κ1) is 15.2. The van der Waals surface area contributed by atoms with Crippen LogP contribution in [0.4, 0.5) is 0 Å². The van der Waals surface area contributed by atoms with Crippen LogP contribution in [0, 0.1) is 5.92 Å². The molecule has 0 bridgehead atoms. The number of thiazole rings is 1. The van der Waals surface area contributed by atoms with Gasteiger partial charge in [-0.05, 0) is 18.8 Å². The maximum atomic E-state index is 12.6. The summed E-state index contributed by atoms with van der Waals surface area (Å²) in [5, 5.41) is 0.901. The minimum atomic E-state index is 0.107. The van der Waals surface area contributed by atoms with Crippen molar-refractivity contribution < 1.29 is 9.53 Å². The van der Waals surface area contributed by atoms with Crippen molar-refractivity contribution in [2.24, 2.45) is 5.92 Å². The van der Waals surface area contributed by atoms with Gasteiger partial charge in [0.25, 0.3) is 5.91 Å². The van der Waals surface area contributed by atoms with Gasteiger partial charge in [0.15, 0.2) is 0 Å². The molecule has 0 aliphatic carbocycles. The molecule has 22 heavy (non-hydrogen) atoms. The normalized spacial score (nSPS) is 16.0. The van der Waals surface area contributed by atoms with Crippen molar-refractivity contribution in [1.82, 2.24) is 9.88 Å². The summed E-state index contributed by atoms with van der Waals surface area (Å²) in [6.07, 6.45) is 3.74. The fraction of sp³-hybridized carbons (Fsp3) is 0.412. The van der Waals surface area contributed by atoms with Crippen molar-refractivity contribution in [2.45, 2.75) is 12.8 Å². The Kier molecular flexibility index (Phi) is 4.85. The molecule has 0 unspecified atom stereocenters. The highest BCUT2D eigenvalue weighted by Gasteiger charge is 2.24. The van der Waals surface area contributed by atoms with Crippen molar-refractivity contribution >= 4 is 17.2 Å². The van der Waals surface area contributed by atoms with Gasteiger partial charge < -0.3 is 9.64 Å². The van der Waals surface area contributed by atoms with Crippen LogP contribution < -0.4 is 0 Å². The third-order valence-electron chi connectivity index (χ3n) is 4.04. The molecule has 1 amide bonds. The highest BCUT2D eigenvalue weighted by atomic mass is 32.1. The highest BCUT2D eigenvalue weighted by Crippen LogP contribution is 2.27. The summed E-state index contributed by atoms with van der Waals surface area (Å²) in [4.78, 5) is 19.6. The summed E-state index contributed by atoms with van der Waals surface area (Å²) in [7, 11) is 1.74. The number of amides is 1. The molecule has 1 aliphatic rings. The van der Waals surface area contributed by atoms with E-state index in [-0.39, 0.29) is 5.91 Å². The van der Waals surface area contributed by atoms with E-state index in [0.717, 1.165) is 48.0 Å². The van der Waals surface area contributed by atoms with Crippen molar-refractivity contribution in [3.8, 4) is 10.6 Å². The predicted octanol–water partition coefficient (Wildman–Crippen LogP) is 3.31. The number of likely N-dealkylation sites (tertiary alicyclic amines) is 1. The van der Waals surface area contributed by atoms with Crippen LogP contribution in [-0.2, 0) is 4.74 Å². The number of carbonyl (C=O) groups is 1. The van der Waals surface area contributed by atoms with Gasteiger partial charge in [-0.3, -0.25) is 4.79 Å². The third kappa shape index (κ3) is 3.36. The van der Waals surface area contributed by atoms with Gasteiger partial charge in [-0.15, -0.1) is 11.3 Å². The second-order valence-corrected chi connectivity index (χ2v) is 6.62. The molecule has 2 heterocycles. The van der Waals surface area contributed by atoms with Crippen molar-refractivity contribution in [1.29, 1.82) is 0 Å². The molecule has 1 aliphatic heterocycles. The number of piperidine rings is 1. The van der Waals surface area contributed by atoms with E-state index in [2.05, 4.69) is 4.98 Å². The Balaban J connectivity index is 1.65. The van der Waals surface area contributed by atoms with E-state index in [1.54, 1.807) is 13.3 Å². The number of carbonyl (C=O) groups excluding carboxylic acids is 1. The Morgan fingerprint density at radius 3 is 2.73 bits per heavy atom. The molecular weight excluding hydrogens is 296 g/mol. The van der Waals surface area contributed by atoms with E-state index < -0.39 is 0 Å². The van der Waals surface area contributed by atoms with Gasteiger partial charge in [-0.1, -0.05) is 30.3 Å². The molecule has 0 radical (unpaired) electrons. The van der Waals surface area contributed by atoms with Gasteiger partial charge in [0.05, 0.1) is 6.20 Å². The lowest BCUT2D eigenvalue weighted by atomic mass is 9.98. The number of nitrogens with zero attached hydrogens (tertiary/aromatic N) is 2. The number of hydrogen-bond donors (Lipinski definition) is 0. The van der Waals surface area contributed by atoms with Crippen LogP contribution in [0.1, 0.15) is 22.5 Å². The van der Waals surface area contributed by atoms with Gasteiger partial charge >= 0.3 is 0 Å². The molecular formula is C17H20N2O2S. The Morgan fingerprint density at radius 2 is 2.05 bits per heavy atom. The summed E-state index contributed by atoms with van der Waals surface area (Å²) in [5.41, 5.74) is 1.06. The molecule has 116 valence electrons. The van der Waals surface area contributed by atoms with Crippen LogP contribution in [0.2, 0.25) is 0 Å². The van der Waals surface area contributed by atoms with Crippen LogP contribution in [0.3, 0.4) is 0 Å². The summed E-state index contributed by atoms with van der Waals surface area (Å²) in [5.74, 6) is 0.686. The van der Waals surface area contributed by atoms with Gasteiger partial charge in [0.2, 0.25) is 0 Å². The lowest BCUT2D eigenvalue weighted by molar-refractivity contribution is 0.0618. The summed E-state index contributed by atoms with van der Waals surface area (Å²) < 4.78 is 5.20. The lowest BCUT2D eigenvalue weighted by Gasteiger charge is -2.31. The number of ether oxygens (including phenoxy) is 1. The second-order valence-electron chi connectivity index (χ2n) is 5.59. The van der Waals surface area contributed by atoms with Crippen LogP contribution in [-0.4, -0.2) is 42.6 Å². The molecule has 1 aromatic carbocycles. The molecule has 2 aromatic rings. The van der Waals surface area contributed by atoms with Crippen molar-refractivity contribution in [3.05, 3.63) is 41.4 Å². The van der Waals surface area contributed by atoms with E-state index in [1.165, 1.54) is 11.3 Å². The van der Waals surface area contributed by atoms with E-state index >= 15 is 0 Å². The van der Waals surface area contributed by atoms with Crippen molar-refractivity contribution in [2.75, 3.05) is 26.8 Å². The fourth-order valence-corrected chi connectivity index (χ4v) is 3.67. The molecule has 0 N–H and O–H groups in total. The molecule has 3 rings (SSSR count). The molecule has 0 saturated carbocycles. The smallest absolute Gasteiger partial charge is 0.265 e. The van der Waals surface area contributed by atoms with Crippen LogP contribution in [0.25, 0.3) is 10.6 Å². The standard InChI is InChI=1S/C17H20N2O2S/c1-21-12-13-7-9-19(10-8-13)17(20)15-11-18-16(22-15)14-5-3-2-4-6-14/h2-6,11,13H,7-10,12H2,1H3. The summed E-state index contributed by atoms with van der Waals surface area (Å²) in [6.45, 7) is 2.41. The first-order chi connectivity index (χ1) is 10.8. The van der Waals surface area contributed by atoms with Crippen LogP contribution >= 0.6 is 11.3 Å². The van der Waals surface area contributed by atoms with E-state index in [4.69, 9.17) is 4.74 Å². The molecule has 5 heteroatoms. The molecule has 0 atom stereocenters. The number of rotatable bonds is 4. The minimum absolute atomic E-state index is 0.107. The first-order valence-electron chi connectivity index (χ1n) is 7.57. The average Bonchev–Trinajstić information content (AvgIpc) is 3.06. The number of aromatic nitrogens is 1. The quantitative estimate of drug-likeness (QED) is 0.869. The van der Waals surface area contributed by atoms with E-state index in [1.807, 2.05) is 35.2 Å². The predicted molar refractivity (Wildman–Crippen MR) is 88.1 cm³/mol. The van der Waals surface area contributed by atoms with Gasteiger partial charge in [0.1, 0.15) is 9.88 Å². The topological polar surface area (TPSA) is 42.4 Å². The zero-order valence-corrected chi connectivity index (χ0v) is 13.5. The Hall–Kier alpha value is -1.72. The maximum absolute atomic E-state index is 12.6. The molecule has 4 nitrogen and oxygen atoms in total. The number of benzene rings is 1. The highest BCUT2D eigenvalue weighted by molar-refractivity contribution is 7.16. The monoisotopic (exact) mass is 316 g/mol. The van der Waals surface area contributed by atoms with Crippen LogP contribution in [0.5, 0.6) is 0 Å². The zero-order valence-electron chi connectivity index (χ0n) is 12.7. The number of hydrogen-bond acceptors (Lipinski definition) is 4. The number of methoxy groups -OCH3 is 1. The SMILES string of the molecule is COCC1CCN(C(=O)c2cnc(-c3ccccc3)s2)CC1. The van der Waals surface area contributed by atoms with Gasteiger partial charge in [-0.2, -0.15) is 0 Å². The Bertz CT molecular complexity index is 619. The Labute approximate surface area is 134 Å². The third-order valence-corrected chi connectivity index (χ3v) is 5.08. The van der Waals surface area contributed by atoms with Crippen LogP contribution in [0.15, 0.2) is 36.5 Å². The molecule has 1 fully saturated rings. The van der Waals surface area contributed by atoms with Gasteiger partial charge in [0, 0.05) is 32.4 Å². The Morgan fingerprint density at radius 1 is 1.32 bits per heavy atom. The second kappa shape index (κ2) is 7.03. The molecule has 0 spiro atoms. The zero-order chi connectivity index (χ0) is 15.4. The maximum Gasteiger partial charge on any atom is 0.265 e. The molecule has 1 saturated heterocycles. The lowest BCUT2D eigenvalue weighted by Crippen LogP contribution is -2.39.